The molecule has 0 aliphatic rings. The summed E-state index contributed by atoms with van der Waals surface area (Å²) in [5.74, 6) is -0.715. The number of rotatable bonds is 2. The minimum absolute atomic E-state index is 0.297. The summed E-state index contributed by atoms with van der Waals surface area (Å²) in [6.07, 6.45) is 0. The number of carbonyl (C=O) groups is 1. The van der Waals surface area contributed by atoms with Crippen LogP contribution in [0, 0.1) is 19.7 Å². The number of amides is 1. The minimum Gasteiger partial charge on any atom is -0.322 e. The van der Waals surface area contributed by atoms with Gasteiger partial charge in [0, 0.05) is 16.3 Å². The van der Waals surface area contributed by atoms with E-state index < -0.39 is 5.82 Å². The van der Waals surface area contributed by atoms with Crippen molar-refractivity contribution in [2.24, 2.45) is 0 Å². The molecule has 0 saturated carbocycles. The predicted molar refractivity (Wildman–Crippen MR) is 83.0 cm³/mol. The van der Waals surface area contributed by atoms with E-state index in [0.29, 0.717) is 20.7 Å². The maximum atomic E-state index is 13.5. The molecule has 0 atom stereocenters. The monoisotopic (exact) mass is 355 g/mol. The zero-order valence-electron chi connectivity index (χ0n) is 10.9. The van der Waals surface area contributed by atoms with Crippen molar-refractivity contribution >= 4 is 39.1 Å². The van der Waals surface area contributed by atoms with Crippen LogP contribution in [0.15, 0.2) is 34.8 Å². The SMILES string of the molecule is Cc1cc(C(=O)Nc2cc(F)c(Br)cc2C)ccc1Cl. The quantitative estimate of drug-likeness (QED) is 0.796. The normalized spacial score (nSPS) is 10.4. The van der Waals surface area contributed by atoms with Gasteiger partial charge in [0.1, 0.15) is 5.82 Å². The van der Waals surface area contributed by atoms with E-state index in [9.17, 15) is 9.18 Å². The number of nitrogens with one attached hydrogen (secondary N) is 1. The van der Waals surface area contributed by atoms with Crippen molar-refractivity contribution in [2.45, 2.75) is 13.8 Å². The van der Waals surface area contributed by atoms with Crippen molar-refractivity contribution in [3.8, 4) is 0 Å². The Morgan fingerprint density at radius 1 is 1.20 bits per heavy atom. The molecule has 104 valence electrons. The molecule has 0 radical (unpaired) electrons. The second kappa shape index (κ2) is 5.94. The van der Waals surface area contributed by atoms with E-state index in [1.807, 2.05) is 6.92 Å². The molecule has 1 N–H and O–H groups in total. The standard InChI is InChI=1S/C15H12BrClFNO/c1-8-5-10(3-4-12(8)17)15(20)19-14-7-13(18)11(16)6-9(14)2/h3-7H,1-2H3,(H,19,20). The third-order valence-electron chi connectivity index (χ3n) is 2.94. The molecule has 1 amide bonds. The lowest BCUT2D eigenvalue weighted by Crippen LogP contribution is -2.13. The maximum absolute atomic E-state index is 13.5. The Labute approximate surface area is 130 Å². The molecule has 0 fully saturated rings. The molecule has 0 spiro atoms. The lowest BCUT2D eigenvalue weighted by molar-refractivity contribution is 0.102. The lowest BCUT2D eigenvalue weighted by atomic mass is 10.1. The van der Waals surface area contributed by atoms with Gasteiger partial charge in [-0.3, -0.25) is 4.79 Å². The number of benzene rings is 2. The molecular weight excluding hydrogens is 345 g/mol. The van der Waals surface area contributed by atoms with Gasteiger partial charge in [0.25, 0.3) is 5.91 Å². The molecule has 0 aliphatic carbocycles. The molecular formula is C15H12BrClFNO. The van der Waals surface area contributed by atoms with Crippen molar-refractivity contribution < 1.29 is 9.18 Å². The highest BCUT2D eigenvalue weighted by molar-refractivity contribution is 9.10. The Hall–Kier alpha value is -1.39. The number of hydrogen-bond acceptors (Lipinski definition) is 1. The predicted octanol–water partition coefficient (Wildman–Crippen LogP) is 5.11. The molecule has 0 unspecified atom stereocenters. The first-order chi connectivity index (χ1) is 9.38. The van der Waals surface area contributed by atoms with Crippen molar-refractivity contribution in [1.29, 1.82) is 0 Å². The molecule has 5 heteroatoms. The summed E-state index contributed by atoms with van der Waals surface area (Å²) < 4.78 is 13.9. The third kappa shape index (κ3) is 3.19. The van der Waals surface area contributed by atoms with Crippen LogP contribution in [0.2, 0.25) is 5.02 Å². The largest absolute Gasteiger partial charge is 0.322 e. The Morgan fingerprint density at radius 3 is 2.55 bits per heavy atom. The summed E-state index contributed by atoms with van der Waals surface area (Å²) in [7, 11) is 0. The summed E-state index contributed by atoms with van der Waals surface area (Å²) >= 11 is 9.03. The van der Waals surface area contributed by atoms with Crippen LogP contribution in [0.1, 0.15) is 21.5 Å². The smallest absolute Gasteiger partial charge is 0.255 e. The van der Waals surface area contributed by atoms with Gasteiger partial charge in [-0.2, -0.15) is 0 Å². The van der Waals surface area contributed by atoms with Gasteiger partial charge in [0.2, 0.25) is 0 Å². The Balaban J connectivity index is 2.27. The van der Waals surface area contributed by atoms with E-state index >= 15 is 0 Å². The molecule has 0 aliphatic heterocycles. The lowest BCUT2D eigenvalue weighted by Gasteiger charge is -2.10. The van der Waals surface area contributed by atoms with E-state index in [1.165, 1.54) is 6.07 Å². The van der Waals surface area contributed by atoms with Crippen molar-refractivity contribution in [3.05, 3.63) is 62.3 Å². The fourth-order valence-corrected chi connectivity index (χ4v) is 2.34. The van der Waals surface area contributed by atoms with Gasteiger partial charge in [0.05, 0.1) is 4.47 Å². The van der Waals surface area contributed by atoms with Crippen molar-refractivity contribution in [2.75, 3.05) is 5.32 Å². The summed E-state index contributed by atoms with van der Waals surface area (Å²) in [6.45, 7) is 3.62. The average molecular weight is 357 g/mol. The number of aryl methyl sites for hydroxylation is 2. The Kier molecular flexibility index (Phi) is 4.45. The van der Waals surface area contributed by atoms with Crippen LogP contribution in [0.5, 0.6) is 0 Å². The van der Waals surface area contributed by atoms with E-state index in [-0.39, 0.29) is 5.91 Å². The van der Waals surface area contributed by atoms with Gasteiger partial charge in [-0.15, -0.1) is 0 Å². The molecule has 0 heterocycles. The molecule has 0 saturated heterocycles. The van der Waals surface area contributed by atoms with Crippen LogP contribution in [0.3, 0.4) is 0 Å². The molecule has 2 nitrogen and oxygen atoms in total. The van der Waals surface area contributed by atoms with Crippen LogP contribution < -0.4 is 5.32 Å². The number of halogens is 3. The highest BCUT2D eigenvalue weighted by Gasteiger charge is 2.11. The fourth-order valence-electron chi connectivity index (χ4n) is 1.76. The van der Waals surface area contributed by atoms with E-state index in [1.54, 1.807) is 31.2 Å². The first kappa shape index (κ1) is 15.0. The van der Waals surface area contributed by atoms with Gasteiger partial charge in [-0.25, -0.2) is 4.39 Å². The van der Waals surface area contributed by atoms with Crippen LogP contribution in [0.4, 0.5) is 10.1 Å². The zero-order valence-corrected chi connectivity index (χ0v) is 13.3. The van der Waals surface area contributed by atoms with Crippen LogP contribution >= 0.6 is 27.5 Å². The summed E-state index contributed by atoms with van der Waals surface area (Å²) in [5, 5.41) is 3.30. The summed E-state index contributed by atoms with van der Waals surface area (Å²) in [6, 6.07) is 7.91. The second-order valence-corrected chi connectivity index (χ2v) is 5.76. The van der Waals surface area contributed by atoms with Crippen molar-refractivity contribution in [3.63, 3.8) is 0 Å². The van der Waals surface area contributed by atoms with Gasteiger partial charge in [-0.1, -0.05) is 11.6 Å². The van der Waals surface area contributed by atoms with Crippen LogP contribution in [-0.4, -0.2) is 5.91 Å². The molecule has 2 aromatic rings. The van der Waals surface area contributed by atoms with E-state index in [0.717, 1.165) is 11.1 Å². The summed E-state index contributed by atoms with van der Waals surface area (Å²) in [4.78, 5) is 12.1. The first-order valence-electron chi connectivity index (χ1n) is 5.91. The van der Waals surface area contributed by atoms with E-state index in [4.69, 9.17) is 11.6 Å². The molecule has 0 aromatic heterocycles. The first-order valence-corrected chi connectivity index (χ1v) is 7.08. The summed E-state index contributed by atoms with van der Waals surface area (Å²) in [5.41, 5.74) is 2.52. The maximum Gasteiger partial charge on any atom is 0.255 e. The van der Waals surface area contributed by atoms with Gasteiger partial charge in [0.15, 0.2) is 0 Å². The molecule has 20 heavy (non-hydrogen) atoms. The number of hydrogen-bond donors (Lipinski definition) is 1. The minimum atomic E-state index is -0.418. The van der Waals surface area contributed by atoms with E-state index in [2.05, 4.69) is 21.2 Å². The fraction of sp³-hybridized carbons (Fsp3) is 0.133. The molecule has 2 rings (SSSR count). The third-order valence-corrected chi connectivity index (χ3v) is 3.97. The Morgan fingerprint density at radius 2 is 1.90 bits per heavy atom. The molecule has 2 aromatic carbocycles. The molecule has 0 bridgehead atoms. The number of carbonyl (C=O) groups excluding carboxylic acids is 1. The zero-order chi connectivity index (χ0) is 14.9. The van der Waals surface area contributed by atoms with Gasteiger partial charge in [-0.05, 0) is 71.2 Å². The van der Waals surface area contributed by atoms with Crippen LogP contribution in [0.25, 0.3) is 0 Å². The topological polar surface area (TPSA) is 29.1 Å². The Bertz CT molecular complexity index is 688. The second-order valence-electron chi connectivity index (χ2n) is 4.50. The highest BCUT2D eigenvalue weighted by Crippen LogP contribution is 2.25. The number of anilines is 1. The van der Waals surface area contributed by atoms with Gasteiger partial charge >= 0.3 is 0 Å². The van der Waals surface area contributed by atoms with Gasteiger partial charge < -0.3 is 5.32 Å². The van der Waals surface area contributed by atoms with Crippen molar-refractivity contribution in [1.82, 2.24) is 0 Å². The highest BCUT2D eigenvalue weighted by atomic mass is 79.9. The average Bonchev–Trinajstić information content (AvgIpc) is 2.39. The van der Waals surface area contributed by atoms with Crippen LogP contribution in [-0.2, 0) is 0 Å².